The van der Waals surface area contributed by atoms with Gasteiger partial charge in [0.25, 0.3) is 0 Å². The Morgan fingerprint density at radius 2 is 2.20 bits per heavy atom. The molecule has 1 N–H and O–H groups in total. The summed E-state index contributed by atoms with van der Waals surface area (Å²) in [6.45, 7) is 1.96. The molecule has 20 heavy (non-hydrogen) atoms. The molecule has 2 aliphatic heterocycles. The van der Waals surface area contributed by atoms with E-state index in [4.69, 9.17) is 0 Å². The fourth-order valence-corrected chi connectivity index (χ4v) is 4.23. The molecule has 1 aromatic heterocycles. The van der Waals surface area contributed by atoms with Gasteiger partial charge >= 0.3 is 0 Å². The maximum absolute atomic E-state index is 12.0. The van der Waals surface area contributed by atoms with E-state index in [9.17, 15) is 8.42 Å². The predicted octanol–water partition coefficient (Wildman–Crippen LogP) is 1.21. The van der Waals surface area contributed by atoms with Crippen LogP contribution in [0.1, 0.15) is 25.7 Å². The predicted molar refractivity (Wildman–Crippen MR) is 78.7 cm³/mol. The fourth-order valence-electron chi connectivity index (χ4n) is 3.40. The molecule has 2 saturated heterocycles. The first-order valence-electron chi connectivity index (χ1n) is 7.22. The van der Waals surface area contributed by atoms with Gasteiger partial charge in [-0.1, -0.05) is 0 Å². The number of sulfone groups is 1. The number of rotatable bonds is 3. The number of nitrogens with zero attached hydrogens (tertiary/aromatic N) is 2. The molecule has 0 radical (unpaired) electrons. The molecule has 1 aromatic rings. The molecule has 0 aromatic carbocycles. The summed E-state index contributed by atoms with van der Waals surface area (Å²) in [5, 5.41) is 3.54. The van der Waals surface area contributed by atoms with E-state index in [1.165, 1.54) is 19.1 Å². The van der Waals surface area contributed by atoms with Crippen LogP contribution in [0, 0.1) is 0 Å². The Balaban J connectivity index is 1.95. The van der Waals surface area contributed by atoms with Gasteiger partial charge in [-0.05, 0) is 44.4 Å². The highest BCUT2D eigenvalue weighted by Crippen LogP contribution is 2.32. The highest BCUT2D eigenvalue weighted by molar-refractivity contribution is 7.90. The molecule has 2 atom stereocenters. The van der Waals surface area contributed by atoms with E-state index in [2.05, 4.69) is 15.2 Å². The average Bonchev–Trinajstić information content (AvgIpc) is 3.08. The lowest BCUT2D eigenvalue weighted by Crippen LogP contribution is -2.44. The summed E-state index contributed by atoms with van der Waals surface area (Å²) in [6.07, 6.45) is 7.52. The molecule has 0 amide bonds. The molecule has 2 unspecified atom stereocenters. The van der Waals surface area contributed by atoms with Crippen molar-refractivity contribution in [3.8, 4) is 0 Å². The zero-order chi connectivity index (χ0) is 14.2. The summed E-state index contributed by atoms with van der Waals surface area (Å²) in [4.78, 5) is 6.91. The summed E-state index contributed by atoms with van der Waals surface area (Å²) in [5.74, 6) is 0.631. The molecule has 0 aliphatic carbocycles. The van der Waals surface area contributed by atoms with Gasteiger partial charge in [-0.25, -0.2) is 13.4 Å². The molecule has 6 heteroatoms. The molecule has 0 bridgehead atoms. The number of hydrogen-bond donors (Lipinski definition) is 1. The van der Waals surface area contributed by atoms with Crippen LogP contribution >= 0.6 is 0 Å². The van der Waals surface area contributed by atoms with Crippen LogP contribution in [0.5, 0.6) is 0 Å². The molecule has 0 saturated carbocycles. The van der Waals surface area contributed by atoms with Gasteiger partial charge in [0.1, 0.15) is 10.7 Å². The highest BCUT2D eigenvalue weighted by Gasteiger charge is 2.35. The topological polar surface area (TPSA) is 62.3 Å². The molecule has 2 fully saturated rings. The minimum Gasteiger partial charge on any atom is -0.351 e. The van der Waals surface area contributed by atoms with E-state index in [1.54, 1.807) is 18.3 Å². The molecule has 3 heterocycles. The lowest BCUT2D eigenvalue weighted by molar-refractivity contribution is 0.479. The first-order chi connectivity index (χ1) is 9.57. The van der Waals surface area contributed by atoms with Gasteiger partial charge in [-0.15, -0.1) is 0 Å². The maximum Gasteiger partial charge on any atom is 0.179 e. The van der Waals surface area contributed by atoms with Gasteiger partial charge in [-0.3, -0.25) is 0 Å². The highest BCUT2D eigenvalue weighted by atomic mass is 32.2. The molecule has 0 spiro atoms. The third-order valence-corrected chi connectivity index (χ3v) is 5.40. The summed E-state index contributed by atoms with van der Waals surface area (Å²) in [6, 6.07) is 4.19. The Kier molecular flexibility index (Phi) is 3.69. The van der Waals surface area contributed by atoms with Gasteiger partial charge < -0.3 is 10.2 Å². The zero-order valence-corrected chi connectivity index (χ0v) is 12.6. The monoisotopic (exact) mass is 295 g/mol. The normalized spacial score (nSPS) is 27.1. The van der Waals surface area contributed by atoms with Crippen LogP contribution in [0.15, 0.2) is 23.2 Å². The van der Waals surface area contributed by atoms with E-state index in [-0.39, 0.29) is 0 Å². The van der Waals surface area contributed by atoms with Crippen LogP contribution < -0.4 is 10.2 Å². The number of hydrogen-bond acceptors (Lipinski definition) is 5. The zero-order valence-electron chi connectivity index (χ0n) is 11.7. The van der Waals surface area contributed by atoms with E-state index in [0.717, 1.165) is 25.9 Å². The second-order valence-corrected chi connectivity index (χ2v) is 7.69. The van der Waals surface area contributed by atoms with E-state index < -0.39 is 9.84 Å². The van der Waals surface area contributed by atoms with Gasteiger partial charge in [0, 0.05) is 31.1 Å². The largest absolute Gasteiger partial charge is 0.351 e. The third-order valence-electron chi connectivity index (χ3n) is 4.28. The molecule has 2 aliphatic rings. The van der Waals surface area contributed by atoms with Crippen LogP contribution in [0.25, 0.3) is 0 Å². The molecule has 110 valence electrons. The fraction of sp³-hybridized carbons (Fsp3) is 0.643. The van der Waals surface area contributed by atoms with Crippen molar-refractivity contribution in [3.05, 3.63) is 18.3 Å². The van der Waals surface area contributed by atoms with Crippen molar-refractivity contribution < 1.29 is 8.42 Å². The summed E-state index contributed by atoms with van der Waals surface area (Å²) in [5.41, 5.74) is 0. The lowest BCUT2D eigenvalue weighted by Gasteiger charge is -2.31. The minimum atomic E-state index is -3.24. The Hall–Kier alpha value is -1.14. The minimum absolute atomic E-state index is 0.352. The van der Waals surface area contributed by atoms with Crippen LogP contribution in [-0.4, -0.2) is 44.8 Å². The van der Waals surface area contributed by atoms with Crippen molar-refractivity contribution in [1.29, 1.82) is 0 Å². The molecule has 5 nitrogen and oxygen atoms in total. The first kappa shape index (κ1) is 13.8. The van der Waals surface area contributed by atoms with Gasteiger partial charge in [0.2, 0.25) is 0 Å². The average molecular weight is 295 g/mol. The van der Waals surface area contributed by atoms with Crippen molar-refractivity contribution >= 4 is 15.7 Å². The second-order valence-electron chi connectivity index (χ2n) is 5.70. The van der Waals surface area contributed by atoms with Crippen molar-refractivity contribution in [2.24, 2.45) is 0 Å². The SMILES string of the molecule is CS(=O)(=O)c1cccnc1N1CCCC1C1CCCN1. The smallest absolute Gasteiger partial charge is 0.179 e. The van der Waals surface area contributed by atoms with Crippen LogP contribution in [-0.2, 0) is 9.84 Å². The van der Waals surface area contributed by atoms with Crippen LogP contribution in [0.3, 0.4) is 0 Å². The third kappa shape index (κ3) is 2.54. The Morgan fingerprint density at radius 3 is 2.90 bits per heavy atom. The molecule has 3 rings (SSSR count). The molecular weight excluding hydrogens is 274 g/mol. The van der Waals surface area contributed by atoms with Crippen molar-refractivity contribution in [2.45, 2.75) is 42.7 Å². The first-order valence-corrected chi connectivity index (χ1v) is 9.11. The van der Waals surface area contributed by atoms with Gasteiger partial charge in [0.05, 0.1) is 0 Å². The number of anilines is 1. The van der Waals surface area contributed by atoms with Crippen LogP contribution in [0.4, 0.5) is 5.82 Å². The van der Waals surface area contributed by atoms with E-state index in [1.807, 2.05) is 0 Å². The van der Waals surface area contributed by atoms with E-state index >= 15 is 0 Å². The Labute approximate surface area is 120 Å². The summed E-state index contributed by atoms with van der Waals surface area (Å²) < 4.78 is 23.9. The number of aromatic nitrogens is 1. The van der Waals surface area contributed by atoms with Crippen molar-refractivity contribution in [1.82, 2.24) is 10.3 Å². The molecular formula is C14H21N3O2S. The van der Waals surface area contributed by atoms with Crippen LogP contribution in [0.2, 0.25) is 0 Å². The number of nitrogens with one attached hydrogen (secondary N) is 1. The Bertz CT molecular complexity index is 582. The Morgan fingerprint density at radius 1 is 1.35 bits per heavy atom. The lowest BCUT2D eigenvalue weighted by atomic mass is 10.0. The summed E-state index contributed by atoms with van der Waals surface area (Å²) in [7, 11) is -3.24. The van der Waals surface area contributed by atoms with Gasteiger partial charge in [0.15, 0.2) is 9.84 Å². The van der Waals surface area contributed by atoms with Crippen molar-refractivity contribution in [2.75, 3.05) is 24.2 Å². The summed E-state index contributed by atoms with van der Waals surface area (Å²) >= 11 is 0. The van der Waals surface area contributed by atoms with Crippen molar-refractivity contribution in [3.63, 3.8) is 0 Å². The van der Waals surface area contributed by atoms with E-state index in [0.29, 0.717) is 22.8 Å². The second kappa shape index (κ2) is 5.33. The van der Waals surface area contributed by atoms with Gasteiger partial charge in [-0.2, -0.15) is 0 Å². The quantitative estimate of drug-likeness (QED) is 0.908. The maximum atomic E-state index is 12.0. The number of pyridine rings is 1. The standard InChI is InChI=1S/C14H21N3O2S/c1-20(18,19)13-7-3-9-16-14(13)17-10-4-6-12(17)11-5-2-8-15-11/h3,7,9,11-12,15H,2,4-6,8,10H2,1H3.